The summed E-state index contributed by atoms with van der Waals surface area (Å²) in [5.74, 6) is 0. The quantitative estimate of drug-likeness (QED) is 0.875. The Kier molecular flexibility index (Phi) is 3.39. The summed E-state index contributed by atoms with van der Waals surface area (Å²) in [5.41, 5.74) is 5.24. The molecule has 0 saturated heterocycles. The van der Waals surface area contributed by atoms with Crippen molar-refractivity contribution in [1.29, 1.82) is 0 Å². The van der Waals surface area contributed by atoms with Crippen LogP contribution in [0, 0.1) is 0 Å². The minimum atomic E-state index is -0.249. The van der Waals surface area contributed by atoms with Crippen LogP contribution in [0.25, 0.3) is 0 Å². The third-order valence-electron chi connectivity index (χ3n) is 4.71. The average molecular weight is 266 g/mol. The molecule has 0 saturated carbocycles. The summed E-state index contributed by atoms with van der Waals surface area (Å²) in [5, 5.41) is 10.3. The van der Waals surface area contributed by atoms with Crippen LogP contribution in [0.2, 0.25) is 0 Å². The maximum Gasteiger partial charge on any atom is 0.0592 e. The number of aryl methyl sites for hydroxylation is 1. The smallest absolute Gasteiger partial charge is 0.0592 e. The van der Waals surface area contributed by atoms with Gasteiger partial charge in [-0.15, -0.1) is 0 Å². The van der Waals surface area contributed by atoms with Gasteiger partial charge in [-0.25, -0.2) is 0 Å². The van der Waals surface area contributed by atoms with Crippen LogP contribution in [-0.2, 0) is 18.3 Å². The number of benzene rings is 2. The van der Waals surface area contributed by atoms with Crippen molar-refractivity contribution in [2.24, 2.45) is 0 Å². The maximum absolute atomic E-state index is 10.3. The van der Waals surface area contributed by atoms with E-state index < -0.39 is 0 Å². The zero-order valence-electron chi connectivity index (χ0n) is 12.3. The molecule has 1 heteroatoms. The predicted molar refractivity (Wildman–Crippen MR) is 83.0 cm³/mol. The summed E-state index contributed by atoms with van der Waals surface area (Å²) in [7, 11) is 0. The molecule has 0 radical (unpaired) electrons. The molecule has 0 bridgehead atoms. The third-order valence-corrected chi connectivity index (χ3v) is 4.71. The number of aliphatic hydroxyl groups excluding tert-OH is 1. The summed E-state index contributed by atoms with van der Waals surface area (Å²) in [6, 6.07) is 17.4. The van der Waals surface area contributed by atoms with Crippen molar-refractivity contribution in [1.82, 2.24) is 0 Å². The Labute approximate surface area is 121 Å². The first kappa shape index (κ1) is 13.4. The minimum Gasteiger partial charge on any atom is -0.393 e. The molecule has 2 aromatic rings. The zero-order chi connectivity index (χ0) is 14.2. The molecular formula is C19H22O. The summed E-state index contributed by atoms with van der Waals surface area (Å²) < 4.78 is 0. The number of fused-ring (bicyclic) bond motifs is 1. The lowest BCUT2D eigenvalue weighted by atomic mass is 9.66. The van der Waals surface area contributed by atoms with E-state index in [4.69, 9.17) is 0 Å². The fourth-order valence-electron chi connectivity index (χ4n) is 3.53. The van der Waals surface area contributed by atoms with Gasteiger partial charge in [0.2, 0.25) is 0 Å². The van der Waals surface area contributed by atoms with Gasteiger partial charge in [0.15, 0.2) is 0 Å². The van der Waals surface area contributed by atoms with E-state index in [1.165, 1.54) is 22.3 Å². The van der Waals surface area contributed by atoms with Crippen molar-refractivity contribution >= 4 is 0 Å². The van der Waals surface area contributed by atoms with Crippen molar-refractivity contribution < 1.29 is 5.11 Å². The molecule has 0 spiro atoms. The highest BCUT2D eigenvalue weighted by Crippen LogP contribution is 2.42. The van der Waals surface area contributed by atoms with Crippen molar-refractivity contribution in [3.05, 3.63) is 70.8 Å². The van der Waals surface area contributed by atoms with Gasteiger partial charge in [-0.05, 0) is 41.5 Å². The first-order chi connectivity index (χ1) is 9.63. The molecule has 2 aromatic carbocycles. The number of aliphatic hydroxyl groups is 1. The second-order valence-electron chi connectivity index (χ2n) is 6.10. The molecule has 1 aliphatic carbocycles. The van der Waals surface area contributed by atoms with E-state index in [0.717, 1.165) is 19.3 Å². The zero-order valence-corrected chi connectivity index (χ0v) is 12.3. The first-order valence-electron chi connectivity index (χ1n) is 7.49. The standard InChI is InChI=1S/C19H22O/c1-3-14-8-10-16(11-9-14)19(2)13-17(20)12-15-6-4-5-7-18(15)19/h4-11,17,20H,3,12-13H2,1-2H3/t17-,19?/m0/s1. The number of hydrogen-bond donors (Lipinski definition) is 1. The summed E-state index contributed by atoms with van der Waals surface area (Å²) in [6.07, 6.45) is 2.39. The Hall–Kier alpha value is -1.60. The van der Waals surface area contributed by atoms with Crippen molar-refractivity contribution in [3.63, 3.8) is 0 Å². The first-order valence-corrected chi connectivity index (χ1v) is 7.49. The fourth-order valence-corrected chi connectivity index (χ4v) is 3.53. The molecule has 1 nitrogen and oxygen atoms in total. The van der Waals surface area contributed by atoms with E-state index >= 15 is 0 Å². The van der Waals surface area contributed by atoms with Gasteiger partial charge in [-0.1, -0.05) is 62.4 Å². The monoisotopic (exact) mass is 266 g/mol. The Morgan fingerprint density at radius 1 is 1.10 bits per heavy atom. The summed E-state index contributed by atoms with van der Waals surface area (Å²) >= 11 is 0. The number of rotatable bonds is 2. The Morgan fingerprint density at radius 3 is 2.50 bits per heavy atom. The molecule has 0 aromatic heterocycles. The molecule has 2 atom stereocenters. The fraction of sp³-hybridized carbons (Fsp3) is 0.368. The van der Waals surface area contributed by atoms with E-state index in [9.17, 15) is 5.11 Å². The normalized spacial score (nSPS) is 25.2. The van der Waals surface area contributed by atoms with E-state index in [1.54, 1.807) is 0 Å². The minimum absolute atomic E-state index is 0.0828. The van der Waals surface area contributed by atoms with Gasteiger partial charge < -0.3 is 5.11 Å². The van der Waals surface area contributed by atoms with Crippen LogP contribution >= 0.6 is 0 Å². The molecule has 0 aliphatic heterocycles. The highest BCUT2D eigenvalue weighted by atomic mass is 16.3. The molecule has 104 valence electrons. The van der Waals surface area contributed by atoms with Crippen LogP contribution in [0.1, 0.15) is 42.5 Å². The lowest BCUT2D eigenvalue weighted by molar-refractivity contribution is 0.133. The summed E-state index contributed by atoms with van der Waals surface area (Å²) in [6.45, 7) is 4.44. The van der Waals surface area contributed by atoms with Crippen LogP contribution in [-0.4, -0.2) is 11.2 Å². The van der Waals surface area contributed by atoms with Crippen LogP contribution < -0.4 is 0 Å². The maximum atomic E-state index is 10.3. The van der Waals surface area contributed by atoms with E-state index in [2.05, 4.69) is 62.4 Å². The van der Waals surface area contributed by atoms with Gasteiger partial charge >= 0.3 is 0 Å². The number of hydrogen-bond acceptors (Lipinski definition) is 1. The molecule has 0 amide bonds. The average Bonchev–Trinajstić information content (AvgIpc) is 2.47. The Bertz CT molecular complexity index is 599. The van der Waals surface area contributed by atoms with E-state index in [-0.39, 0.29) is 11.5 Å². The highest BCUT2D eigenvalue weighted by molar-refractivity contribution is 5.46. The van der Waals surface area contributed by atoms with Gasteiger partial charge in [-0.3, -0.25) is 0 Å². The van der Waals surface area contributed by atoms with Gasteiger partial charge in [0.1, 0.15) is 0 Å². The van der Waals surface area contributed by atoms with Crippen LogP contribution in [0.3, 0.4) is 0 Å². The molecule has 0 fully saturated rings. The van der Waals surface area contributed by atoms with Gasteiger partial charge in [0.05, 0.1) is 6.10 Å². The second kappa shape index (κ2) is 5.06. The van der Waals surface area contributed by atoms with Crippen molar-refractivity contribution in [2.75, 3.05) is 0 Å². The molecule has 3 rings (SSSR count). The van der Waals surface area contributed by atoms with E-state index in [0.29, 0.717) is 0 Å². The molecular weight excluding hydrogens is 244 g/mol. The highest BCUT2D eigenvalue weighted by Gasteiger charge is 2.37. The summed E-state index contributed by atoms with van der Waals surface area (Å²) in [4.78, 5) is 0. The largest absolute Gasteiger partial charge is 0.393 e. The van der Waals surface area contributed by atoms with Gasteiger partial charge in [-0.2, -0.15) is 0 Å². The van der Waals surface area contributed by atoms with Crippen LogP contribution in [0.4, 0.5) is 0 Å². The molecule has 1 unspecified atom stereocenters. The van der Waals surface area contributed by atoms with Crippen LogP contribution in [0.5, 0.6) is 0 Å². The second-order valence-corrected chi connectivity index (χ2v) is 6.10. The lowest BCUT2D eigenvalue weighted by Gasteiger charge is -2.39. The third kappa shape index (κ3) is 2.16. The predicted octanol–water partition coefficient (Wildman–Crippen LogP) is 3.86. The van der Waals surface area contributed by atoms with Gasteiger partial charge in [0.25, 0.3) is 0 Å². The lowest BCUT2D eigenvalue weighted by Crippen LogP contribution is -2.36. The van der Waals surface area contributed by atoms with E-state index in [1.807, 2.05) is 0 Å². The topological polar surface area (TPSA) is 20.2 Å². The Balaban J connectivity index is 2.10. The Morgan fingerprint density at radius 2 is 1.80 bits per heavy atom. The molecule has 0 heterocycles. The molecule has 20 heavy (non-hydrogen) atoms. The van der Waals surface area contributed by atoms with Gasteiger partial charge in [0, 0.05) is 5.41 Å². The molecule has 1 N–H and O–H groups in total. The molecule has 1 aliphatic rings. The SMILES string of the molecule is CCc1ccc(C2(C)C[C@@H](O)Cc3ccccc32)cc1. The van der Waals surface area contributed by atoms with Crippen molar-refractivity contribution in [3.8, 4) is 0 Å². The van der Waals surface area contributed by atoms with Crippen molar-refractivity contribution in [2.45, 2.75) is 44.6 Å². The van der Waals surface area contributed by atoms with Crippen LogP contribution in [0.15, 0.2) is 48.5 Å².